The van der Waals surface area contributed by atoms with Gasteiger partial charge < -0.3 is 15.0 Å². The lowest BCUT2D eigenvalue weighted by Crippen LogP contribution is -2.53. The maximum atomic E-state index is 14.3. The van der Waals surface area contributed by atoms with Gasteiger partial charge in [-0.3, -0.25) is 13.9 Å². The Bertz CT molecular complexity index is 1650. The molecule has 0 bridgehead atoms. The topological polar surface area (TPSA) is 96.0 Å². The lowest BCUT2D eigenvalue weighted by molar-refractivity contribution is -0.139. The predicted octanol–water partition coefficient (Wildman–Crippen LogP) is 5.58. The average Bonchev–Trinajstić information content (AvgIpc) is 3.02. The second-order valence-corrected chi connectivity index (χ2v) is 12.3. The van der Waals surface area contributed by atoms with Crippen molar-refractivity contribution in [2.45, 2.75) is 23.9 Å². The Morgan fingerprint density at radius 1 is 0.860 bits per heavy atom. The molecule has 11 heteroatoms. The Balaban J connectivity index is 1.80. The molecule has 0 aliphatic heterocycles. The summed E-state index contributed by atoms with van der Waals surface area (Å²) in [6.07, 6.45) is 0.208. The number of nitrogens with zero attached hydrogens (tertiary/aromatic N) is 2. The lowest BCUT2D eigenvalue weighted by Gasteiger charge is -2.33. The van der Waals surface area contributed by atoms with Crippen LogP contribution in [-0.2, 0) is 32.6 Å². The molecule has 0 saturated heterocycles. The number of nitrogens with one attached hydrogen (secondary N) is 1. The number of halogens is 2. The molecule has 0 aliphatic carbocycles. The van der Waals surface area contributed by atoms with Crippen molar-refractivity contribution in [2.75, 3.05) is 25.0 Å². The predicted molar refractivity (Wildman–Crippen MR) is 169 cm³/mol. The van der Waals surface area contributed by atoms with Crippen LogP contribution in [0.25, 0.3) is 0 Å². The van der Waals surface area contributed by atoms with Gasteiger partial charge in [0.2, 0.25) is 11.8 Å². The molecule has 2 amide bonds. The molecule has 1 N–H and O–H groups in total. The molecule has 224 valence electrons. The molecule has 8 nitrogen and oxygen atoms in total. The van der Waals surface area contributed by atoms with E-state index in [-0.39, 0.29) is 28.6 Å². The summed E-state index contributed by atoms with van der Waals surface area (Å²) in [4.78, 5) is 29.0. The minimum absolute atomic E-state index is 0.00821. The smallest absolute Gasteiger partial charge is 0.264 e. The van der Waals surface area contributed by atoms with Gasteiger partial charge in [-0.15, -0.1) is 0 Å². The lowest BCUT2D eigenvalue weighted by atomic mass is 10.0. The molecular formula is C32H31Cl2N3O5S. The standard InChI is InChI=1S/C32H31Cl2N3O5S/c1-35-32(39)29(19-23-9-5-3-6-10-23)36(21-24-13-15-25(33)16-14-24)31(38)22-37(26-17-18-30(42-2)28(34)20-26)43(40,41)27-11-7-4-8-12-27/h3-18,20,29H,19,21-22H2,1-2H3,(H,35,39). The molecule has 0 heterocycles. The number of likely N-dealkylation sites (N-methyl/N-ethyl adjacent to an activating group) is 1. The highest BCUT2D eigenvalue weighted by atomic mass is 35.5. The van der Waals surface area contributed by atoms with Crippen LogP contribution in [0.5, 0.6) is 5.75 Å². The fraction of sp³-hybridized carbons (Fsp3) is 0.188. The number of anilines is 1. The number of sulfonamides is 1. The minimum Gasteiger partial charge on any atom is -0.495 e. The van der Waals surface area contributed by atoms with E-state index in [9.17, 15) is 18.0 Å². The van der Waals surface area contributed by atoms with Crippen molar-refractivity contribution in [2.24, 2.45) is 0 Å². The Kier molecular flexibility index (Phi) is 10.7. The van der Waals surface area contributed by atoms with Crippen molar-refractivity contribution in [1.82, 2.24) is 10.2 Å². The van der Waals surface area contributed by atoms with Crippen LogP contribution in [0, 0.1) is 0 Å². The van der Waals surface area contributed by atoms with Crippen molar-refractivity contribution in [1.29, 1.82) is 0 Å². The highest BCUT2D eigenvalue weighted by molar-refractivity contribution is 7.92. The third-order valence-electron chi connectivity index (χ3n) is 6.82. The number of carbonyl (C=O) groups is 2. The van der Waals surface area contributed by atoms with Crippen molar-refractivity contribution >= 4 is 50.7 Å². The number of ether oxygens (including phenoxy) is 1. The Hall–Kier alpha value is -4.05. The second-order valence-electron chi connectivity index (χ2n) is 9.61. The van der Waals surface area contributed by atoms with Crippen molar-refractivity contribution < 1.29 is 22.7 Å². The van der Waals surface area contributed by atoms with Gasteiger partial charge in [0.1, 0.15) is 18.3 Å². The molecule has 0 aliphatic rings. The van der Waals surface area contributed by atoms with E-state index in [0.717, 1.165) is 9.87 Å². The molecule has 1 atom stereocenters. The SMILES string of the molecule is CNC(=O)C(Cc1ccccc1)N(Cc1ccc(Cl)cc1)C(=O)CN(c1ccc(OC)c(Cl)c1)S(=O)(=O)c1ccccc1. The maximum Gasteiger partial charge on any atom is 0.264 e. The van der Waals surface area contributed by atoms with Gasteiger partial charge in [-0.1, -0.05) is 83.9 Å². The van der Waals surface area contributed by atoms with E-state index in [1.165, 1.54) is 49.4 Å². The van der Waals surface area contributed by atoms with Crippen LogP contribution < -0.4 is 14.4 Å². The van der Waals surface area contributed by atoms with Gasteiger partial charge in [0.05, 0.1) is 22.7 Å². The van der Waals surface area contributed by atoms with Gasteiger partial charge in [0.25, 0.3) is 10.0 Å². The number of rotatable bonds is 12. The zero-order chi connectivity index (χ0) is 31.0. The third kappa shape index (κ3) is 7.87. The zero-order valence-electron chi connectivity index (χ0n) is 23.6. The summed E-state index contributed by atoms with van der Waals surface area (Å²) in [5.74, 6) is -0.636. The van der Waals surface area contributed by atoms with E-state index in [1.54, 1.807) is 42.5 Å². The van der Waals surface area contributed by atoms with Gasteiger partial charge in [0, 0.05) is 25.0 Å². The van der Waals surface area contributed by atoms with Crippen LogP contribution in [0.1, 0.15) is 11.1 Å². The van der Waals surface area contributed by atoms with Crippen molar-refractivity contribution in [3.05, 3.63) is 124 Å². The van der Waals surface area contributed by atoms with Gasteiger partial charge in [0.15, 0.2) is 0 Å². The van der Waals surface area contributed by atoms with Gasteiger partial charge in [-0.05, 0) is 53.6 Å². The zero-order valence-corrected chi connectivity index (χ0v) is 25.9. The highest BCUT2D eigenvalue weighted by Crippen LogP contribution is 2.32. The summed E-state index contributed by atoms with van der Waals surface area (Å²) in [5, 5.41) is 3.35. The normalized spacial score (nSPS) is 11.8. The molecule has 4 aromatic carbocycles. The monoisotopic (exact) mass is 639 g/mol. The van der Waals surface area contributed by atoms with Crippen LogP contribution >= 0.6 is 23.2 Å². The first-order chi connectivity index (χ1) is 20.6. The van der Waals surface area contributed by atoms with E-state index >= 15 is 0 Å². The van der Waals surface area contributed by atoms with Crippen LogP contribution in [0.3, 0.4) is 0 Å². The molecule has 43 heavy (non-hydrogen) atoms. The van der Waals surface area contributed by atoms with Crippen LogP contribution in [-0.4, -0.2) is 51.9 Å². The Morgan fingerprint density at radius 3 is 2.07 bits per heavy atom. The largest absolute Gasteiger partial charge is 0.495 e. The number of amides is 2. The summed E-state index contributed by atoms with van der Waals surface area (Å²) in [7, 11) is -1.30. The number of benzene rings is 4. The van der Waals surface area contributed by atoms with E-state index in [4.69, 9.17) is 27.9 Å². The number of hydrogen-bond acceptors (Lipinski definition) is 5. The Labute approximate surface area is 261 Å². The number of carbonyl (C=O) groups excluding carboxylic acids is 2. The second kappa shape index (κ2) is 14.4. The third-order valence-corrected chi connectivity index (χ3v) is 9.15. The van der Waals surface area contributed by atoms with Gasteiger partial charge >= 0.3 is 0 Å². The van der Waals surface area contributed by atoms with Crippen molar-refractivity contribution in [3.8, 4) is 5.75 Å². The first-order valence-electron chi connectivity index (χ1n) is 13.3. The van der Waals surface area contributed by atoms with Crippen LogP contribution in [0.2, 0.25) is 10.0 Å². The quantitative estimate of drug-likeness (QED) is 0.218. The van der Waals surface area contributed by atoms with Crippen LogP contribution in [0.15, 0.2) is 108 Å². The van der Waals surface area contributed by atoms with Gasteiger partial charge in [-0.2, -0.15) is 0 Å². The van der Waals surface area contributed by atoms with E-state index in [0.29, 0.717) is 16.3 Å². The molecule has 0 spiro atoms. The highest BCUT2D eigenvalue weighted by Gasteiger charge is 2.34. The molecule has 0 radical (unpaired) electrons. The molecule has 0 saturated carbocycles. The summed E-state index contributed by atoms with van der Waals surface area (Å²) in [5.41, 5.74) is 1.71. The molecular weight excluding hydrogens is 609 g/mol. The first-order valence-corrected chi connectivity index (χ1v) is 15.5. The fourth-order valence-corrected chi connectivity index (χ4v) is 6.37. The Morgan fingerprint density at radius 2 is 1.49 bits per heavy atom. The van der Waals surface area contributed by atoms with E-state index in [2.05, 4.69) is 5.32 Å². The summed E-state index contributed by atoms with van der Waals surface area (Å²) >= 11 is 12.5. The first kappa shape index (κ1) is 31.9. The molecule has 0 aromatic heterocycles. The van der Waals surface area contributed by atoms with E-state index < -0.39 is 34.4 Å². The summed E-state index contributed by atoms with van der Waals surface area (Å²) in [6.45, 7) is -0.570. The maximum absolute atomic E-state index is 14.3. The molecule has 4 rings (SSSR count). The number of hydrogen-bond donors (Lipinski definition) is 1. The number of methoxy groups -OCH3 is 1. The molecule has 0 fully saturated rings. The fourth-order valence-electron chi connectivity index (χ4n) is 4.57. The molecule has 4 aromatic rings. The van der Waals surface area contributed by atoms with Crippen molar-refractivity contribution in [3.63, 3.8) is 0 Å². The van der Waals surface area contributed by atoms with Crippen LogP contribution in [0.4, 0.5) is 5.69 Å². The average molecular weight is 641 g/mol. The summed E-state index contributed by atoms with van der Waals surface area (Å²) in [6, 6.07) is 27.5. The summed E-state index contributed by atoms with van der Waals surface area (Å²) < 4.78 is 34.2. The van der Waals surface area contributed by atoms with Gasteiger partial charge in [-0.25, -0.2) is 8.42 Å². The molecule has 1 unspecified atom stereocenters. The minimum atomic E-state index is -4.24. The van der Waals surface area contributed by atoms with E-state index in [1.807, 2.05) is 30.3 Å².